The third-order valence-electron chi connectivity index (χ3n) is 1.31. The molecule has 0 saturated carbocycles. The van der Waals surface area contributed by atoms with Gasteiger partial charge in [0.2, 0.25) is 0 Å². The second-order valence-corrected chi connectivity index (χ2v) is 2.05. The van der Waals surface area contributed by atoms with Crippen LogP contribution >= 0.6 is 0 Å². The molecule has 11 heavy (non-hydrogen) atoms. The molecule has 0 fully saturated rings. The number of benzene rings is 1. The number of rotatable bonds is 0. The highest BCUT2D eigenvalue weighted by Crippen LogP contribution is 2.35. The van der Waals surface area contributed by atoms with E-state index in [2.05, 4.69) is 12.1 Å². The summed E-state index contributed by atoms with van der Waals surface area (Å²) in [6.45, 7) is 0. The van der Waals surface area contributed by atoms with Gasteiger partial charge in [0.05, 0.1) is 11.6 Å². The lowest BCUT2D eigenvalue weighted by Crippen LogP contribution is -1.75. The van der Waals surface area contributed by atoms with Crippen LogP contribution in [0.2, 0.25) is 0 Å². The molecule has 0 aromatic heterocycles. The van der Waals surface area contributed by atoms with E-state index in [1.54, 1.807) is 0 Å². The van der Waals surface area contributed by atoms with Crippen LogP contribution in [0.25, 0.3) is 11.1 Å². The Hall–Kier alpha value is -1.31. The van der Waals surface area contributed by atoms with Crippen LogP contribution < -0.4 is 0 Å². The van der Waals surface area contributed by atoms with E-state index in [1.807, 2.05) is 12.1 Å². The lowest BCUT2D eigenvalue weighted by atomic mass is 10.4. The maximum atomic E-state index is 8.31. The maximum Gasteiger partial charge on any atom is 0.432 e. The third kappa shape index (κ3) is 1.80. The zero-order chi connectivity index (χ0) is 8.27. The molecule has 0 spiro atoms. The monoisotopic (exact) mass is 147 g/mol. The van der Waals surface area contributed by atoms with Crippen molar-refractivity contribution in [2.45, 2.75) is 0 Å². The lowest BCUT2D eigenvalue weighted by Gasteiger charge is -1.66. The molecule has 0 amide bonds. The van der Waals surface area contributed by atoms with Crippen molar-refractivity contribution in [3.63, 3.8) is 0 Å². The van der Waals surface area contributed by atoms with E-state index in [1.165, 1.54) is 11.1 Å². The Balaban J connectivity index is 0.000000179. The van der Waals surface area contributed by atoms with E-state index < -0.39 is 7.69 Å². The molecule has 0 unspecified atom stereocenters. The highest BCUT2D eigenvalue weighted by molar-refractivity contribution is 6.13. The van der Waals surface area contributed by atoms with Gasteiger partial charge in [-0.25, -0.2) is 0 Å². The Kier molecular flexibility index (Phi) is 2.26. The molecule has 0 saturated heterocycles. The van der Waals surface area contributed by atoms with Gasteiger partial charge in [0.1, 0.15) is 0 Å². The fraction of sp³-hybridized carbons (Fsp3) is 0. The zero-order valence-corrected chi connectivity index (χ0v) is 5.78. The SMILES string of the molecule is N#Cc1cc2cc-2c1.OBO. The van der Waals surface area contributed by atoms with Crippen LogP contribution in [0.3, 0.4) is 0 Å². The molecule has 54 valence electrons. The normalized spacial score (nSPS) is 8.82. The second-order valence-electron chi connectivity index (χ2n) is 2.05. The maximum absolute atomic E-state index is 8.31. The molecule has 2 aliphatic carbocycles. The van der Waals surface area contributed by atoms with Crippen LogP contribution in [-0.2, 0) is 0 Å². The van der Waals surface area contributed by atoms with Crippen molar-refractivity contribution in [1.29, 1.82) is 5.26 Å². The third-order valence-corrected chi connectivity index (χ3v) is 1.31. The van der Waals surface area contributed by atoms with Gasteiger partial charge in [0.25, 0.3) is 0 Å². The van der Waals surface area contributed by atoms with Gasteiger partial charge in [-0.05, 0) is 29.3 Å². The molecule has 0 radical (unpaired) electrons. The minimum atomic E-state index is -0.750. The van der Waals surface area contributed by atoms with Gasteiger partial charge in [-0.1, -0.05) is 0 Å². The van der Waals surface area contributed by atoms with E-state index in [9.17, 15) is 0 Å². The van der Waals surface area contributed by atoms with Crippen molar-refractivity contribution in [2.75, 3.05) is 0 Å². The van der Waals surface area contributed by atoms with E-state index in [0.717, 1.165) is 5.56 Å². The van der Waals surface area contributed by atoms with Crippen LogP contribution in [0.1, 0.15) is 5.56 Å². The Bertz CT molecular complexity index is 286. The first kappa shape index (κ1) is 7.80. The van der Waals surface area contributed by atoms with Crippen molar-refractivity contribution in [2.24, 2.45) is 0 Å². The summed E-state index contributed by atoms with van der Waals surface area (Å²) in [5.74, 6) is 0. The molecule has 0 atom stereocenters. The summed E-state index contributed by atoms with van der Waals surface area (Å²) in [6.07, 6.45) is 0. The molecule has 0 aromatic rings. The number of hydrogen-bond acceptors (Lipinski definition) is 3. The van der Waals surface area contributed by atoms with E-state index in [-0.39, 0.29) is 0 Å². The first-order valence-corrected chi connectivity index (χ1v) is 3.09. The predicted octanol–water partition coefficient (Wildman–Crippen LogP) is -0.224. The summed E-state index contributed by atoms with van der Waals surface area (Å²) in [7, 11) is -0.750. The van der Waals surface area contributed by atoms with Crippen LogP contribution in [0.15, 0.2) is 18.2 Å². The standard InChI is InChI=1S/C7H3N.BH3O2/c8-4-5-1-6-3-7(6)2-5;2-1-3/h1-3H;1-3H. The minimum Gasteiger partial charge on any atom is -0.430 e. The Morgan fingerprint density at radius 1 is 1.18 bits per heavy atom. The Labute approximate surface area is 64.8 Å². The van der Waals surface area contributed by atoms with Crippen molar-refractivity contribution in [3.05, 3.63) is 23.8 Å². The molecule has 0 aromatic carbocycles. The van der Waals surface area contributed by atoms with Gasteiger partial charge < -0.3 is 10.0 Å². The highest BCUT2D eigenvalue weighted by atomic mass is 16.4. The van der Waals surface area contributed by atoms with Crippen molar-refractivity contribution in [3.8, 4) is 17.2 Å². The molecule has 4 heteroatoms. The van der Waals surface area contributed by atoms with Gasteiger partial charge in [0, 0.05) is 0 Å². The minimum absolute atomic E-state index is 0.750. The smallest absolute Gasteiger partial charge is 0.430 e. The average molecular weight is 147 g/mol. The Morgan fingerprint density at radius 3 is 1.91 bits per heavy atom. The van der Waals surface area contributed by atoms with E-state index >= 15 is 0 Å². The summed E-state index contributed by atoms with van der Waals surface area (Å²) in [4.78, 5) is 0. The van der Waals surface area contributed by atoms with Gasteiger partial charge in [-0.15, -0.1) is 0 Å². The number of nitrogens with zero attached hydrogens (tertiary/aromatic N) is 1. The summed E-state index contributed by atoms with van der Waals surface area (Å²) >= 11 is 0. The average Bonchev–Trinajstić information content (AvgIpc) is 2.61. The fourth-order valence-corrected chi connectivity index (χ4v) is 0.823. The fourth-order valence-electron chi connectivity index (χ4n) is 0.823. The Morgan fingerprint density at radius 2 is 1.64 bits per heavy atom. The van der Waals surface area contributed by atoms with Crippen LogP contribution in [0, 0.1) is 11.3 Å². The number of hydrogen-bond donors (Lipinski definition) is 2. The molecular weight excluding hydrogens is 141 g/mol. The van der Waals surface area contributed by atoms with Gasteiger partial charge >= 0.3 is 7.69 Å². The van der Waals surface area contributed by atoms with Gasteiger partial charge in [-0.2, -0.15) is 5.26 Å². The van der Waals surface area contributed by atoms with Gasteiger partial charge in [0.15, 0.2) is 0 Å². The van der Waals surface area contributed by atoms with E-state index in [4.69, 9.17) is 15.3 Å². The first-order chi connectivity index (χ1) is 5.31. The van der Waals surface area contributed by atoms with E-state index in [0.29, 0.717) is 0 Å². The first-order valence-electron chi connectivity index (χ1n) is 3.09. The van der Waals surface area contributed by atoms with Crippen LogP contribution in [0.4, 0.5) is 0 Å². The topological polar surface area (TPSA) is 64.2 Å². The van der Waals surface area contributed by atoms with Crippen LogP contribution in [-0.4, -0.2) is 17.7 Å². The van der Waals surface area contributed by atoms with Gasteiger partial charge in [-0.3, -0.25) is 0 Å². The lowest BCUT2D eigenvalue weighted by molar-refractivity contribution is 0.448. The quantitative estimate of drug-likeness (QED) is 0.506. The van der Waals surface area contributed by atoms with Crippen LogP contribution in [0.5, 0.6) is 0 Å². The number of fused-ring (bicyclic) bond motifs is 1. The van der Waals surface area contributed by atoms with Crippen molar-refractivity contribution < 1.29 is 10.0 Å². The molecule has 0 aliphatic heterocycles. The molecule has 2 N–H and O–H groups in total. The molecule has 0 heterocycles. The second kappa shape index (κ2) is 3.19. The largest absolute Gasteiger partial charge is 0.432 e. The highest BCUT2D eigenvalue weighted by Gasteiger charge is 2.12. The van der Waals surface area contributed by atoms with Crippen molar-refractivity contribution in [1.82, 2.24) is 0 Å². The summed E-state index contributed by atoms with van der Waals surface area (Å²) in [6, 6.07) is 7.92. The molecule has 3 nitrogen and oxygen atoms in total. The molecular formula is C7H6BNO2. The molecule has 2 aliphatic rings. The summed E-state index contributed by atoms with van der Waals surface area (Å²) < 4.78 is 0. The molecule has 2 rings (SSSR count). The predicted molar refractivity (Wildman–Crippen MR) is 41.7 cm³/mol. The summed E-state index contributed by atoms with van der Waals surface area (Å²) in [5.41, 5.74) is 3.26. The zero-order valence-electron chi connectivity index (χ0n) is 5.78. The molecule has 0 bridgehead atoms. The van der Waals surface area contributed by atoms with Crippen molar-refractivity contribution >= 4 is 7.69 Å². The summed E-state index contributed by atoms with van der Waals surface area (Å²) in [5, 5.41) is 22.6. The number of nitriles is 1.